The summed E-state index contributed by atoms with van der Waals surface area (Å²) in [6.45, 7) is 3.26. The van der Waals surface area contributed by atoms with E-state index in [1.807, 2.05) is 0 Å². The zero-order valence-corrected chi connectivity index (χ0v) is 12.4. The summed E-state index contributed by atoms with van der Waals surface area (Å²) in [7, 11) is 2.18. The number of rotatable bonds is 2. The third-order valence-corrected chi connectivity index (χ3v) is 4.62. The number of hydrogen-bond donors (Lipinski definition) is 1. The molecule has 1 atom stereocenters. The Morgan fingerprint density at radius 1 is 1.00 bits per heavy atom. The summed E-state index contributed by atoms with van der Waals surface area (Å²) in [6, 6.07) is 17.9. The van der Waals surface area contributed by atoms with Gasteiger partial charge in [0.15, 0.2) is 0 Å². The van der Waals surface area contributed by atoms with Crippen molar-refractivity contribution < 1.29 is 0 Å². The zero-order chi connectivity index (χ0) is 14.2. The van der Waals surface area contributed by atoms with Gasteiger partial charge in [-0.25, -0.2) is 0 Å². The SMILES string of the molecule is CN1CCN(CC2Cc3ccccc3N2)c2ccccc21. The minimum absolute atomic E-state index is 0.513. The highest BCUT2D eigenvalue weighted by Crippen LogP contribution is 2.33. The molecular weight excluding hydrogens is 258 g/mol. The Kier molecular flexibility index (Phi) is 2.99. The van der Waals surface area contributed by atoms with Gasteiger partial charge in [-0.3, -0.25) is 0 Å². The Morgan fingerprint density at radius 3 is 2.62 bits per heavy atom. The van der Waals surface area contributed by atoms with Crippen LogP contribution in [0.2, 0.25) is 0 Å². The highest BCUT2D eigenvalue weighted by molar-refractivity contribution is 5.73. The molecule has 2 aromatic rings. The van der Waals surface area contributed by atoms with E-state index in [0.717, 1.165) is 26.1 Å². The van der Waals surface area contributed by atoms with Crippen LogP contribution in [0.4, 0.5) is 17.1 Å². The van der Waals surface area contributed by atoms with Crippen molar-refractivity contribution in [2.45, 2.75) is 12.5 Å². The first-order chi connectivity index (χ1) is 10.3. The van der Waals surface area contributed by atoms with Crippen LogP contribution in [0, 0.1) is 0 Å². The topological polar surface area (TPSA) is 18.5 Å². The lowest BCUT2D eigenvalue weighted by atomic mass is 10.1. The van der Waals surface area contributed by atoms with E-state index in [2.05, 4.69) is 70.7 Å². The summed E-state index contributed by atoms with van der Waals surface area (Å²) in [4.78, 5) is 4.88. The minimum Gasteiger partial charge on any atom is -0.380 e. The number of benzene rings is 2. The Labute approximate surface area is 126 Å². The van der Waals surface area contributed by atoms with Gasteiger partial charge >= 0.3 is 0 Å². The van der Waals surface area contributed by atoms with Gasteiger partial charge in [-0.15, -0.1) is 0 Å². The van der Waals surface area contributed by atoms with Crippen molar-refractivity contribution in [3.05, 3.63) is 54.1 Å². The molecule has 0 saturated heterocycles. The number of likely N-dealkylation sites (N-methyl/N-ethyl adjacent to an activating group) is 1. The molecule has 3 heteroatoms. The highest BCUT2D eigenvalue weighted by atomic mass is 15.3. The van der Waals surface area contributed by atoms with Crippen LogP contribution < -0.4 is 15.1 Å². The highest BCUT2D eigenvalue weighted by Gasteiger charge is 2.26. The molecule has 0 aromatic heterocycles. The summed E-state index contributed by atoms with van der Waals surface area (Å²) < 4.78 is 0. The quantitative estimate of drug-likeness (QED) is 0.912. The van der Waals surface area contributed by atoms with Gasteiger partial charge in [0.05, 0.1) is 11.4 Å². The van der Waals surface area contributed by atoms with Crippen molar-refractivity contribution in [2.24, 2.45) is 0 Å². The molecule has 2 heterocycles. The summed E-state index contributed by atoms with van der Waals surface area (Å²) in [5.41, 5.74) is 5.47. The van der Waals surface area contributed by atoms with Crippen LogP contribution in [-0.2, 0) is 6.42 Å². The van der Waals surface area contributed by atoms with E-state index >= 15 is 0 Å². The molecule has 1 unspecified atom stereocenters. The first-order valence-electron chi connectivity index (χ1n) is 7.71. The fourth-order valence-electron chi connectivity index (χ4n) is 3.51. The Hall–Kier alpha value is -2.16. The lowest BCUT2D eigenvalue weighted by Crippen LogP contribution is -2.44. The number of hydrogen-bond acceptors (Lipinski definition) is 3. The van der Waals surface area contributed by atoms with Crippen molar-refractivity contribution in [2.75, 3.05) is 41.8 Å². The number of nitrogens with one attached hydrogen (secondary N) is 1. The number of fused-ring (bicyclic) bond motifs is 2. The molecular formula is C18H21N3. The van der Waals surface area contributed by atoms with Crippen molar-refractivity contribution in [3.8, 4) is 0 Å². The molecule has 2 aliphatic rings. The number of anilines is 3. The Bertz CT molecular complexity index is 627. The van der Waals surface area contributed by atoms with Crippen LogP contribution in [0.1, 0.15) is 5.56 Å². The number of para-hydroxylation sites is 3. The lowest BCUT2D eigenvalue weighted by Gasteiger charge is -2.38. The van der Waals surface area contributed by atoms with E-state index in [0.29, 0.717) is 6.04 Å². The molecule has 2 aromatic carbocycles. The Morgan fingerprint density at radius 2 is 1.76 bits per heavy atom. The lowest BCUT2D eigenvalue weighted by molar-refractivity contribution is 0.663. The second kappa shape index (κ2) is 4.99. The van der Waals surface area contributed by atoms with E-state index < -0.39 is 0 Å². The monoisotopic (exact) mass is 279 g/mol. The van der Waals surface area contributed by atoms with Crippen LogP contribution in [0.15, 0.2) is 48.5 Å². The molecule has 0 bridgehead atoms. The van der Waals surface area contributed by atoms with Crippen LogP contribution >= 0.6 is 0 Å². The van der Waals surface area contributed by atoms with Crippen LogP contribution in [0.5, 0.6) is 0 Å². The van der Waals surface area contributed by atoms with Crippen molar-refractivity contribution in [1.82, 2.24) is 0 Å². The first-order valence-corrected chi connectivity index (χ1v) is 7.71. The molecule has 0 amide bonds. The smallest absolute Gasteiger partial charge is 0.0605 e. The summed E-state index contributed by atoms with van der Waals surface area (Å²) in [6.07, 6.45) is 1.13. The maximum absolute atomic E-state index is 3.67. The van der Waals surface area contributed by atoms with Gasteiger partial charge in [0.1, 0.15) is 0 Å². The average molecular weight is 279 g/mol. The van der Waals surface area contributed by atoms with Crippen LogP contribution in [0.25, 0.3) is 0 Å². The molecule has 2 aliphatic heterocycles. The average Bonchev–Trinajstić information content (AvgIpc) is 2.93. The second-order valence-corrected chi connectivity index (χ2v) is 6.06. The standard InChI is InChI=1S/C18H21N3/c1-20-10-11-21(18-9-5-4-8-17(18)20)13-15-12-14-6-2-3-7-16(14)19-15/h2-9,15,19H,10-13H2,1H3. The molecule has 4 rings (SSSR count). The molecule has 0 radical (unpaired) electrons. The third-order valence-electron chi connectivity index (χ3n) is 4.62. The predicted octanol–water partition coefficient (Wildman–Crippen LogP) is 2.98. The molecule has 1 N–H and O–H groups in total. The van der Waals surface area contributed by atoms with E-state index in [4.69, 9.17) is 0 Å². The van der Waals surface area contributed by atoms with Gasteiger partial charge < -0.3 is 15.1 Å². The molecule has 0 fully saturated rings. The largest absolute Gasteiger partial charge is 0.380 e. The molecule has 0 spiro atoms. The van der Waals surface area contributed by atoms with Gasteiger partial charge in [0.25, 0.3) is 0 Å². The fraction of sp³-hybridized carbons (Fsp3) is 0.333. The van der Waals surface area contributed by atoms with Crippen molar-refractivity contribution in [3.63, 3.8) is 0 Å². The van der Waals surface area contributed by atoms with Gasteiger partial charge in [-0.1, -0.05) is 30.3 Å². The van der Waals surface area contributed by atoms with Crippen LogP contribution in [0.3, 0.4) is 0 Å². The maximum atomic E-state index is 3.67. The van der Waals surface area contributed by atoms with Crippen molar-refractivity contribution >= 4 is 17.1 Å². The molecule has 0 aliphatic carbocycles. The summed E-state index contributed by atoms with van der Waals surface area (Å²) >= 11 is 0. The maximum Gasteiger partial charge on any atom is 0.0605 e. The van der Waals surface area contributed by atoms with E-state index in [9.17, 15) is 0 Å². The molecule has 3 nitrogen and oxygen atoms in total. The summed E-state index contributed by atoms with van der Waals surface area (Å²) in [5, 5.41) is 3.67. The molecule has 108 valence electrons. The van der Waals surface area contributed by atoms with Gasteiger partial charge in [-0.05, 0) is 30.2 Å². The molecule has 0 saturated carbocycles. The van der Waals surface area contributed by atoms with Gasteiger partial charge in [0.2, 0.25) is 0 Å². The fourth-order valence-corrected chi connectivity index (χ4v) is 3.51. The normalized spacial score (nSPS) is 20.0. The van der Waals surface area contributed by atoms with Crippen LogP contribution in [-0.4, -0.2) is 32.7 Å². The van der Waals surface area contributed by atoms with E-state index in [-0.39, 0.29) is 0 Å². The van der Waals surface area contributed by atoms with Crippen molar-refractivity contribution in [1.29, 1.82) is 0 Å². The first kappa shape index (κ1) is 12.6. The second-order valence-electron chi connectivity index (χ2n) is 6.06. The van der Waals surface area contributed by atoms with E-state index in [1.165, 1.54) is 22.6 Å². The Balaban J connectivity index is 1.53. The van der Waals surface area contributed by atoms with E-state index in [1.54, 1.807) is 0 Å². The zero-order valence-electron chi connectivity index (χ0n) is 12.4. The third kappa shape index (κ3) is 2.23. The van der Waals surface area contributed by atoms with Gasteiger partial charge in [-0.2, -0.15) is 0 Å². The molecule has 21 heavy (non-hydrogen) atoms. The summed E-state index contributed by atoms with van der Waals surface area (Å²) in [5.74, 6) is 0. The predicted molar refractivity (Wildman–Crippen MR) is 89.5 cm³/mol. The minimum atomic E-state index is 0.513. The van der Waals surface area contributed by atoms with Gasteiger partial charge in [0, 0.05) is 38.4 Å². The number of nitrogens with zero attached hydrogens (tertiary/aromatic N) is 2.